The molecule has 0 unspecified atom stereocenters. The van der Waals surface area contributed by atoms with Crippen LogP contribution >= 0.6 is 0 Å². The van der Waals surface area contributed by atoms with Crippen molar-refractivity contribution in [3.63, 3.8) is 0 Å². The molecule has 8 atom stereocenters. The largest absolute Gasteiger partial charge is 0.459 e. The molecule has 0 aromatic heterocycles. The minimum atomic E-state index is -1.64. The molecule has 1 saturated heterocycles. The van der Waals surface area contributed by atoms with Gasteiger partial charge in [0.25, 0.3) is 0 Å². The van der Waals surface area contributed by atoms with E-state index >= 15 is 0 Å². The molecule has 0 saturated carbocycles. The Morgan fingerprint density at radius 3 is 2.10 bits per heavy atom. The molecule has 0 aromatic rings. The van der Waals surface area contributed by atoms with Gasteiger partial charge in [0, 0.05) is 18.7 Å². The summed E-state index contributed by atoms with van der Waals surface area (Å²) in [7, 11) is 1.71. The minimum absolute atomic E-state index is 0.0895. The van der Waals surface area contributed by atoms with Crippen LogP contribution < -0.4 is 0 Å². The molecule has 170 valence electrons. The predicted octanol–water partition coefficient (Wildman–Crippen LogP) is 3.22. The van der Waals surface area contributed by atoms with Crippen molar-refractivity contribution in [2.24, 2.45) is 34.1 Å². The lowest BCUT2D eigenvalue weighted by molar-refractivity contribution is -0.189. The summed E-state index contributed by atoms with van der Waals surface area (Å²) < 4.78 is 5.61. The van der Waals surface area contributed by atoms with Crippen LogP contribution in [0.1, 0.15) is 74.7 Å². The van der Waals surface area contributed by atoms with E-state index in [2.05, 4.69) is 25.8 Å². The highest BCUT2D eigenvalue weighted by molar-refractivity contribution is 5.89. The van der Waals surface area contributed by atoms with Gasteiger partial charge in [0.2, 0.25) is 0 Å². The Morgan fingerprint density at radius 2 is 1.62 bits per heavy atom. The lowest BCUT2D eigenvalue weighted by atomic mass is 9.71. The second kappa shape index (κ2) is 9.88. The molecule has 0 radical (unpaired) electrons. The first kappa shape index (κ1) is 26.1. The maximum atomic E-state index is 12.7. The Morgan fingerprint density at radius 1 is 1.07 bits per heavy atom. The smallest absolute Gasteiger partial charge is 0.311 e. The van der Waals surface area contributed by atoms with Crippen LogP contribution in [0, 0.1) is 29.1 Å². The molecule has 3 N–H and O–H groups in total. The highest BCUT2D eigenvalue weighted by Crippen LogP contribution is 2.38. The molecule has 0 aromatic carbocycles. The number of aliphatic hydroxyl groups is 3. The van der Waals surface area contributed by atoms with Crippen molar-refractivity contribution < 1.29 is 24.9 Å². The fraction of sp³-hybridized carbons (Fsp3) is 0.913. The van der Waals surface area contributed by atoms with Crippen molar-refractivity contribution in [2.45, 2.75) is 98.6 Å². The molecule has 0 amide bonds. The average Bonchev–Trinajstić information content (AvgIpc) is 2.62. The van der Waals surface area contributed by atoms with Gasteiger partial charge in [-0.15, -0.1) is 0 Å². The maximum Gasteiger partial charge on any atom is 0.311 e. The quantitative estimate of drug-likeness (QED) is 0.573. The number of aliphatic hydroxyl groups excluding tert-OH is 2. The Balaban J connectivity index is 3.42. The molecule has 0 aliphatic carbocycles. The Kier molecular flexibility index (Phi) is 8.88. The number of rotatable bonds is 1. The zero-order chi connectivity index (χ0) is 22.7. The Bertz CT molecular complexity index is 586. The first-order valence-corrected chi connectivity index (χ1v) is 10.9. The van der Waals surface area contributed by atoms with Gasteiger partial charge < -0.3 is 20.1 Å². The van der Waals surface area contributed by atoms with Gasteiger partial charge in [0.05, 0.1) is 18.1 Å². The van der Waals surface area contributed by atoms with E-state index in [1.54, 1.807) is 20.9 Å². The fourth-order valence-electron chi connectivity index (χ4n) is 5.24. The predicted molar refractivity (Wildman–Crippen MR) is 116 cm³/mol. The molecule has 29 heavy (non-hydrogen) atoms. The van der Waals surface area contributed by atoms with Crippen molar-refractivity contribution in [1.82, 2.24) is 0 Å². The molecule has 1 fully saturated rings. The van der Waals surface area contributed by atoms with Crippen LogP contribution in [0.4, 0.5) is 0 Å². The van der Waals surface area contributed by atoms with E-state index in [9.17, 15) is 20.1 Å². The molecule has 1 heterocycles. The van der Waals surface area contributed by atoms with Crippen molar-refractivity contribution in [3.05, 3.63) is 0 Å². The topological polar surface area (TPSA) is 99.4 Å². The number of ether oxygens (including phenoxy) is 1. The van der Waals surface area contributed by atoms with Crippen molar-refractivity contribution in [2.75, 3.05) is 7.05 Å². The zero-order valence-corrected chi connectivity index (χ0v) is 19.8. The third-order valence-corrected chi connectivity index (χ3v) is 6.78. The number of esters is 1. The van der Waals surface area contributed by atoms with Gasteiger partial charge in [-0.2, -0.15) is 0 Å². The lowest BCUT2D eigenvalue weighted by Gasteiger charge is -2.41. The van der Waals surface area contributed by atoms with Gasteiger partial charge in [0.15, 0.2) is 0 Å². The van der Waals surface area contributed by atoms with Crippen LogP contribution in [0.5, 0.6) is 0 Å². The second-order valence-corrected chi connectivity index (χ2v) is 10.2. The number of hydrogen-bond donors (Lipinski definition) is 3. The van der Waals surface area contributed by atoms with Crippen molar-refractivity contribution in [1.29, 1.82) is 0 Å². The first-order chi connectivity index (χ1) is 13.2. The van der Waals surface area contributed by atoms with Crippen LogP contribution in [-0.4, -0.2) is 58.0 Å². The molecule has 1 aliphatic heterocycles. The molecular formula is C23H43NO5. The number of nitrogens with zero attached hydrogens (tertiary/aromatic N) is 1. The summed E-state index contributed by atoms with van der Waals surface area (Å²) in [4.78, 5) is 17.2. The summed E-state index contributed by atoms with van der Waals surface area (Å²) in [6, 6.07) is 0. The number of carbonyl (C=O) groups is 1. The number of aliphatic imine (C=N–C) groups is 1. The SMILES string of the molecule is CC[C@H]1OC(=O)[C@H](C)[C@@H](O)[C@H](C)CC(C)(C)C[C@@H](C)C(=NC)[C@H](C)[C@@H](O)[C@]1(C)O. The highest BCUT2D eigenvalue weighted by atomic mass is 16.6. The summed E-state index contributed by atoms with van der Waals surface area (Å²) in [6.07, 6.45) is -0.949. The molecule has 1 aliphatic rings. The third-order valence-electron chi connectivity index (χ3n) is 6.78. The van der Waals surface area contributed by atoms with Crippen LogP contribution in [0.2, 0.25) is 0 Å². The van der Waals surface area contributed by atoms with E-state index in [-0.39, 0.29) is 17.3 Å². The van der Waals surface area contributed by atoms with Crippen LogP contribution in [0.25, 0.3) is 0 Å². The van der Waals surface area contributed by atoms with E-state index < -0.39 is 41.7 Å². The molecule has 6 nitrogen and oxygen atoms in total. The van der Waals surface area contributed by atoms with E-state index in [1.807, 2.05) is 13.8 Å². The zero-order valence-electron chi connectivity index (χ0n) is 19.8. The van der Waals surface area contributed by atoms with Gasteiger partial charge in [-0.1, -0.05) is 41.5 Å². The van der Waals surface area contributed by atoms with Gasteiger partial charge in [-0.3, -0.25) is 9.79 Å². The summed E-state index contributed by atoms with van der Waals surface area (Å²) >= 11 is 0. The number of cyclic esters (lactones) is 1. The summed E-state index contributed by atoms with van der Waals surface area (Å²) in [6.45, 7) is 15.2. The summed E-state index contributed by atoms with van der Waals surface area (Å²) in [5.74, 6) is -1.65. The number of hydrogen-bond acceptors (Lipinski definition) is 6. The van der Waals surface area contributed by atoms with Gasteiger partial charge >= 0.3 is 5.97 Å². The normalized spacial score (nSPS) is 44.2. The molecular weight excluding hydrogens is 370 g/mol. The van der Waals surface area contributed by atoms with E-state index in [0.717, 1.165) is 18.6 Å². The lowest BCUT2D eigenvalue weighted by Crippen LogP contribution is -2.56. The Labute approximate surface area is 176 Å². The van der Waals surface area contributed by atoms with Crippen LogP contribution in [0.3, 0.4) is 0 Å². The third kappa shape index (κ3) is 6.02. The van der Waals surface area contributed by atoms with Gasteiger partial charge in [-0.25, -0.2) is 0 Å². The van der Waals surface area contributed by atoms with E-state index in [0.29, 0.717) is 6.42 Å². The van der Waals surface area contributed by atoms with Crippen LogP contribution in [-0.2, 0) is 9.53 Å². The highest BCUT2D eigenvalue weighted by Gasteiger charge is 2.46. The molecule has 0 bridgehead atoms. The monoisotopic (exact) mass is 413 g/mol. The van der Waals surface area contributed by atoms with E-state index in [4.69, 9.17) is 4.74 Å². The summed E-state index contributed by atoms with van der Waals surface area (Å²) in [5.41, 5.74) is -0.899. The average molecular weight is 414 g/mol. The van der Waals surface area contributed by atoms with Crippen molar-refractivity contribution >= 4 is 11.7 Å². The summed E-state index contributed by atoms with van der Waals surface area (Å²) in [5, 5.41) is 33.0. The molecule has 6 heteroatoms. The van der Waals surface area contributed by atoms with Gasteiger partial charge in [-0.05, 0) is 50.4 Å². The van der Waals surface area contributed by atoms with Crippen LogP contribution in [0.15, 0.2) is 4.99 Å². The fourth-order valence-corrected chi connectivity index (χ4v) is 5.24. The second-order valence-electron chi connectivity index (χ2n) is 10.2. The van der Waals surface area contributed by atoms with E-state index in [1.165, 1.54) is 6.92 Å². The molecule has 0 spiro atoms. The van der Waals surface area contributed by atoms with Crippen molar-refractivity contribution in [3.8, 4) is 0 Å². The minimum Gasteiger partial charge on any atom is -0.459 e. The molecule has 1 rings (SSSR count). The standard InChI is InChI=1S/C23H43NO5/c1-10-17-23(8,28)20(26)15(4)18(24-9)13(2)11-22(6,7)12-14(3)19(25)16(5)21(27)29-17/h13-17,19-20,25-26,28H,10-12H2,1-9H3/t13-,14-,15+,16-,17-,19+,20-,23-/m1/s1. The first-order valence-electron chi connectivity index (χ1n) is 10.9. The maximum absolute atomic E-state index is 12.7. The van der Waals surface area contributed by atoms with Gasteiger partial charge in [0.1, 0.15) is 11.7 Å². The number of carbonyl (C=O) groups excluding carboxylic acids is 1. The Hall–Kier alpha value is -0.980.